The molecule has 2 aromatic carbocycles. The Morgan fingerprint density at radius 2 is 1.79 bits per heavy atom. The number of rotatable bonds is 4. The fourth-order valence-corrected chi connectivity index (χ4v) is 4.10. The van der Waals surface area contributed by atoms with Crippen LogP contribution in [0.2, 0.25) is 0 Å². The van der Waals surface area contributed by atoms with Crippen molar-refractivity contribution in [3.63, 3.8) is 0 Å². The topological polar surface area (TPSA) is 61.3 Å². The summed E-state index contributed by atoms with van der Waals surface area (Å²) in [5.74, 6) is 0. The summed E-state index contributed by atoms with van der Waals surface area (Å²) in [5, 5.41) is 0.515. The predicted molar refractivity (Wildman–Crippen MR) is 116 cm³/mol. The monoisotopic (exact) mass is 442 g/mol. The third-order valence-corrected chi connectivity index (χ3v) is 5.88. The minimum atomic E-state index is -0.364. The van der Waals surface area contributed by atoms with Crippen molar-refractivity contribution < 1.29 is 0 Å². The Morgan fingerprint density at radius 1 is 1.04 bits per heavy atom. The molecule has 4 rings (SSSR count). The molecule has 0 radical (unpaired) electrons. The van der Waals surface area contributed by atoms with E-state index in [1.165, 1.54) is 10.3 Å². The van der Waals surface area contributed by atoms with E-state index in [-0.39, 0.29) is 11.2 Å². The Hall–Kier alpha value is -2.38. The van der Waals surface area contributed by atoms with Crippen molar-refractivity contribution in [2.24, 2.45) is 0 Å². The highest BCUT2D eigenvalue weighted by molar-refractivity contribution is 9.10. The maximum absolute atomic E-state index is 12.9. The van der Waals surface area contributed by atoms with E-state index < -0.39 is 0 Å². The number of fused-ring (bicyclic) bond motifs is 1. The average molecular weight is 443 g/mol. The first kappa shape index (κ1) is 19.0. The van der Waals surface area contributed by atoms with Crippen LogP contribution in [0, 0.1) is 0 Å². The van der Waals surface area contributed by atoms with E-state index in [9.17, 15) is 9.59 Å². The van der Waals surface area contributed by atoms with Gasteiger partial charge in [0.15, 0.2) is 0 Å². The van der Waals surface area contributed by atoms with Crippen LogP contribution in [0.4, 0.5) is 5.69 Å². The van der Waals surface area contributed by atoms with Gasteiger partial charge in [0.05, 0.1) is 10.9 Å². The standard InChI is InChI=1S/C21H23BrN4O2/c1-24-10-12-25(13-11-24)19-5-3-2-4-15(19)8-9-26-20(27)17-14-16(22)6-7-18(17)23-21(26)28/h2-7,14H,8-13H2,1H3,(H,23,28). The van der Waals surface area contributed by atoms with Gasteiger partial charge in [-0.2, -0.15) is 0 Å². The molecule has 0 unspecified atom stereocenters. The van der Waals surface area contributed by atoms with Crippen molar-refractivity contribution in [1.29, 1.82) is 0 Å². The average Bonchev–Trinajstić information content (AvgIpc) is 2.69. The lowest BCUT2D eigenvalue weighted by Gasteiger charge is -2.35. The van der Waals surface area contributed by atoms with Gasteiger partial charge >= 0.3 is 5.69 Å². The van der Waals surface area contributed by atoms with Crippen molar-refractivity contribution in [2.75, 3.05) is 38.1 Å². The fraction of sp³-hybridized carbons (Fsp3) is 0.333. The Morgan fingerprint density at radius 3 is 2.57 bits per heavy atom. The normalized spacial score (nSPS) is 15.3. The first-order valence-corrected chi connectivity index (χ1v) is 10.3. The van der Waals surface area contributed by atoms with Crippen LogP contribution in [-0.2, 0) is 13.0 Å². The molecule has 1 saturated heterocycles. The Balaban J connectivity index is 1.62. The second kappa shape index (κ2) is 7.93. The molecule has 6 nitrogen and oxygen atoms in total. The SMILES string of the molecule is CN1CCN(c2ccccc2CCn2c(=O)[nH]c3ccc(Br)cc3c2=O)CC1. The Bertz CT molecular complexity index is 1110. The summed E-state index contributed by atoms with van der Waals surface area (Å²) in [6.07, 6.45) is 0.630. The van der Waals surface area contributed by atoms with Crippen LogP contribution < -0.4 is 16.1 Å². The zero-order valence-electron chi connectivity index (χ0n) is 15.8. The van der Waals surface area contributed by atoms with Crippen LogP contribution >= 0.6 is 15.9 Å². The molecular formula is C21H23BrN4O2. The van der Waals surface area contributed by atoms with Crippen LogP contribution in [0.1, 0.15) is 5.56 Å². The molecule has 0 amide bonds. The lowest BCUT2D eigenvalue weighted by Crippen LogP contribution is -2.44. The van der Waals surface area contributed by atoms with E-state index >= 15 is 0 Å². The van der Waals surface area contributed by atoms with Crippen molar-refractivity contribution in [1.82, 2.24) is 14.5 Å². The fourth-order valence-electron chi connectivity index (χ4n) is 3.74. The molecule has 1 aromatic heterocycles. The molecule has 7 heteroatoms. The van der Waals surface area contributed by atoms with Crippen LogP contribution in [0.5, 0.6) is 0 Å². The van der Waals surface area contributed by atoms with Crippen molar-refractivity contribution in [3.05, 3.63) is 73.3 Å². The Labute approximate surface area is 171 Å². The smallest absolute Gasteiger partial charge is 0.328 e. The van der Waals surface area contributed by atoms with Crippen molar-refractivity contribution in [2.45, 2.75) is 13.0 Å². The van der Waals surface area contributed by atoms with Gasteiger partial charge in [0.1, 0.15) is 0 Å². The highest BCUT2D eigenvalue weighted by atomic mass is 79.9. The molecule has 3 aromatic rings. The van der Waals surface area contributed by atoms with Gasteiger partial charge in [-0.25, -0.2) is 4.79 Å². The van der Waals surface area contributed by atoms with Crippen molar-refractivity contribution in [3.8, 4) is 0 Å². The number of anilines is 1. The molecule has 1 aliphatic heterocycles. The summed E-state index contributed by atoms with van der Waals surface area (Å²) in [4.78, 5) is 32.8. The number of aryl methyl sites for hydroxylation is 1. The summed E-state index contributed by atoms with van der Waals surface area (Å²) in [6.45, 7) is 4.39. The van der Waals surface area contributed by atoms with E-state index in [0.717, 1.165) is 36.2 Å². The van der Waals surface area contributed by atoms with Gasteiger partial charge in [0, 0.05) is 42.9 Å². The molecule has 0 aliphatic carbocycles. The minimum Gasteiger partial charge on any atom is -0.369 e. The van der Waals surface area contributed by atoms with Gasteiger partial charge in [-0.3, -0.25) is 9.36 Å². The molecule has 1 aliphatic rings. The summed E-state index contributed by atoms with van der Waals surface area (Å²) in [5.41, 5.74) is 2.30. The van der Waals surface area contributed by atoms with Gasteiger partial charge in [-0.05, 0) is 43.3 Å². The number of hydrogen-bond acceptors (Lipinski definition) is 4. The minimum absolute atomic E-state index is 0.253. The Kier molecular flexibility index (Phi) is 5.37. The zero-order chi connectivity index (χ0) is 19.7. The summed E-state index contributed by atoms with van der Waals surface area (Å²) >= 11 is 3.39. The van der Waals surface area contributed by atoms with E-state index in [1.807, 2.05) is 18.2 Å². The van der Waals surface area contributed by atoms with E-state index in [4.69, 9.17) is 0 Å². The first-order valence-electron chi connectivity index (χ1n) is 9.47. The van der Waals surface area contributed by atoms with Gasteiger partial charge in [-0.1, -0.05) is 34.1 Å². The number of piperazine rings is 1. The highest BCUT2D eigenvalue weighted by Gasteiger charge is 2.17. The molecule has 146 valence electrons. The number of para-hydroxylation sites is 1. The molecule has 1 fully saturated rings. The molecule has 2 heterocycles. The van der Waals surface area contributed by atoms with Crippen LogP contribution in [0.25, 0.3) is 10.9 Å². The van der Waals surface area contributed by atoms with E-state index in [2.05, 4.69) is 49.9 Å². The summed E-state index contributed by atoms with van der Waals surface area (Å²) in [6, 6.07) is 13.6. The highest BCUT2D eigenvalue weighted by Crippen LogP contribution is 2.22. The maximum atomic E-state index is 12.9. The third-order valence-electron chi connectivity index (χ3n) is 5.38. The van der Waals surface area contributed by atoms with Crippen LogP contribution in [0.15, 0.2) is 56.5 Å². The summed E-state index contributed by atoms with van der Waals surface area (Å²) in [7, 11) is 2.14. The first-order chi connectivity index (χ1) is 13.5. The second-order valence-electron chi connectivity index (χ2n) is 7.25. The zero-order valence-corrected chi connectivity index (χ0v) is 17.4. The molecule has 0 saturated carbocycles. The van der Waals surface area contributed by atoms with E-state index in [0.29, 0.717) is 23.9 Å². The van der Waals surface area contributed by atoms with E-state index in [1.54, 1.807) is 12.1 Å². The van der Waals surface area contributed by atoms with Gasteiger partial charge in [0.25, 0.3) is 5.56 Å². The number of nitrogens with one attached hydrogen (secondary N) is 1. The number of benzene rings is 2. The number of H-pyrrole nitrogens is 1. The maximum Gasteiger partial charge on any atom is 0.328 e. The number of halogens is 1. The predicted octanol–water partition coefficient (Wildman–Crippen LogP) is 2.45. The molecule has 28 heavy (non-hydrogen) atoms. The molecule has 0 spiro atoms. The lowest BCUT2D eigenvalue weighted by atomic mass is 10.1. The van der Waals surface area contributed by atoms with Gasteiger partial charge in [0.2, 0.25) is 0 Å². The number of hydrogen-bond donors (Lipinski definition) is 1. The second-order valence-corrected chi connectivity index (χ2v) is 8.16. The largest absolute Gasteiger partial charge is 0.369 e. The molecule has 0 bridgehead atoms. The van der Waals surface area contributed by atoms with Gasteiger partial charge < -0.3 is 14.8 Å². The molecule has 0 atom stereocenters. The number of aromatic nitrogens is 2. The quantitative estimate of drug-likeness (QED) is 0.673. The van der Waals surface area contributed by atoms with Crippen LogP contribution in [0.3, 0.4) is 0 Å². The molecular weight excluding hydrogens is 420 g/mol. The molecule has 1 N–H and O–H groups in total. The summed E-state index contributed by atoms with van der Waals surface area (Å²) < 4.78 is 2.12. The number of likely N-dealkylation sites (N-methyl/N-ethyl adjacent to an activating group) is 1. The number of nitrogens with zero attached hydrogens (tertiary/aromatic N) is 3. The van der Waals surface area contributed by atoms with Crippen molar-refractivity contribution >= 4 is 32.5 Å². The van der Waals surface area contributed by atoms with Crippen LogP contribution in [-0.4, -0.2) is 47.7 Å². The third kappa shape index (κ3) is 3.77. The lowest BCUT2D eigenvalue weighted by molar-refractivity contribution is 0.312. The van der Waals surface area contributed by atoms with Gasteiger partial charge in [-0.15, -0.1) is 0 Å². The number of aromatic amines is 1.